The van der Waals surface area contributed by atoms with Gasteiger partial charge >= 0.3 is 0 Å². The minimum atomic E-state index is -0.134. The Labute approximate surface area is 186 Å². The Bertz CT molecular complexity index is 587. The van der Waals surface area contributed by atoms with Gasteiger partial charge in [-0.3, -0.25) is 0 Å². The SMILES string of the molecule is CC(C)CCC[C@H](C)[C@@H]1CC[C@@H]2[C@H]3C[C@H](CO)[C@H]4C[C@@H](O)CC[C@]4(C)[C@@H]3CC[C@@]21C. The van der Waals surface area contributed by atoms with Gasteiger partial charge < -0.3 is 10.2 Å². The maximum Gasteiger partial charge on any atom is 0.0543 e. The van der Waals surface area contributed by atoms with E-state index in [9.17, 15) is 10.2 Å². The fourth-order valence-electron chi connectivity index (χ4n) is 9.71. The van der Waals surface area contributed by atoms with E-state index in [4.69, 9.17) is 0 Å². The van der Waals surface area contributed by atoms with E-state index in [-0.39, 0.29) is 6.10 Å². The monoisotopic (exact) mass is 418 g/mol. The van der Waals surface area contributed by atoms with E-state index in [1.54, 1.807) is 0 Å². The largest absolute Gasteiger partial charge is 0.396 e. The van der Waals surface area contributed by atoms with E-state index in [1.165, 1.54) is 57.8 Å². The zero-order valence-corrected chi connectivity index (χ0v) is 20.6. The van der Waals surface area contributed by atoms with E-state index in [2.05, 4.69) is 34.6 Å². The van der Waals surface area contributed by atoms with Crippen molar-refractivity contribution in [2.45, 2.75) is 111 Å². The molecule has 0 aliphatic heterocycles. The molecule has 4 saturated carbocycles. The minimum Gasteiger partial charge on any atom is -0.396 e. The third-order valence-corrected chi connectivity index (χ3v) is 11.3. The van der Waals surface area contributed by atoms with E-state index >= 15 is 0 Å². The van der Waals surface area contributed by atoms with Crippen LogP contribution in [0, 0.1) is 58.2 Å². The number of rotatable bonds is 6. The molecule has 2 nitrogen and oxygen atoms in total. The van der Waals surface area contributed by atoms with Crippen molar-refractivity contribution in [3.05, 3.63) is 0 Å². The summed E-state index contributed by atoms with van der Waals surface area (Å²) < 4.78 is 0. The fourth-order valence-corrected chi connectivity index (χ4v) is 9.71. The molecule has 0 heterocycles. The summed E-state index contributed by atoms with van der Waals surface area (Å²) in [6.07, 6.45) is 14.1. The molecule has 0 unspecified atom stereocenters. The van der Waals surface area contributed by atoms with E-state index < -0.39 is 0 Å². The lowest BCUT2D eigenvalue weighted by molar-refractivity contribution is -0.158. The van der Waals surface area contributed by atoms with Crippen molar-refractivity contribution in [2.24, 2.45) is 58.2 Å². The summed E-state index contributed by atoms with van der Waals surface area (Å²) in [6, 6.07) is 0. The molecule has 2 N–H and O–H groups in total. The van der Waals surface area contributed by atoms with Crippen LogP contribution in [0.1, 0.15) is 105 Å². The molecule has 0 spiro atoms. The lowest BCUT2D eigenvalue weighted by Crippen LogP contribution is -2.57. The van der Waals surface area contributed by atoms with Crippen LogP contribution in [0.5, 0.6) is 0 Å². The van der Waals surface area contributed by atoms with Crippen molar-refractivity contribution in [1.29, 1.82) is 0 Å². The Hall–Kier alpha value is -0.0800. The minimum absolute atomic E-state index is 0.134. The van der Waals surface area contributed by atoms with Gasteiger partial charge in [-0.2, -0.15) is 0 Å². The molecule has 10 atom stereocenters. The van der Waals surface area contributed by atoms with E-state index in [0.29, 0.717) is 29.3 Å². The molecule has 4 aliphatic carbocycles. The molecule has 30 heavy (non-hydrogen) atoms. The Morgan fingerprint density at radius 2 is 1.53 bits per heavy atom. The molecule has 0 amide bonds. The molecule has 0 bridgehead atoms. The second kappa shape index (κ2) is 8.69. The zero-order valence-electron chi connectivity index (χ0n) is 20.6. The standard InChI is InChI=1S/C28H50O2/c1-18(2)7-6-8-19(3)23-9-10-24-22-15-20(17-29)26-16-21(30)11-13-28(26,5)25(22)12-14-27(23,24)4/h18-26,29-30H,6-17H2,1-5H3/t19-,20+,21-,22+,23-,24+,25+,26+,27+,28+/m0/s1. The summed E-state index contributed by atoms with van der Waals surface area (Å²) in [7, 11) is 0. The summed E-state index contributed by atoms with van der Waals surface area (Å²) >= 11 is 0. The average molecular weight is 419 g/mol. The third kappa shape index (κ3) is 3.81. The quantitative estimate of drug-likeness (QED) is 0.504. The number of hydrogen-bond donors (Lipinski definition) is 2. The van der Waals surface area contributed by atoms with E-state index in [1.807, 2.05) is 0 Å². The zero-order chi connectivity index (χ0) is 21.7. The first kappa shape index (κ1) is 23.1. The molecular weight excluding hydrogens is 368 g/mol. The number of aliphatic hydroxyl groups is 2. The predicted octanol–water partition coefficient (Wildman–Crippen LogP) is 6.69. The lowest BCUT2D eigenvalue weighted by atomic mass is 9.42. The topological polar surface area (TPSA) is 40.5 Å². The van der Waals surface area contributed by atoms with Crippen LogP contribution in [0.15, 0.2) is 0 Å². The first-order valence-electron chi connectivity index (χ1n) is 13.5. The Morgan fingerprint density at radius 1 is 0.833 bits per heavy atom. The summed E-state index contributed by atoms with van der Waals surface area (Å²) in [4.78, 5) is 0. The number of hydrogen-bond acceptors (Lipinski definition) is 2. The molecule has 4 aliphatic rings. The van der Waals surface area contributed by atoms with Crippen molar-refractivity contribution in [2.75, 3.05) is 6.61 Å². The molecule has 174 valence electrons. The molecule has 0 aromatic carbocycles. The molecule has 4 fully saturated rings. The van der Waals surface area contributed by atoms with Crippen LogP contribution in [0.2, 0.25) is 0 Å². The highest BCUT2D eigenvalue weighted by Gasteiger charge is 2.62. The van der Waals surface area contributed by atoms with Gasteiger partial charge in [0.25, 0.3) is 0 Å². The summed E-state index contributed by atoms with van der Waals surface area (Å²) in [5.74, 6) is 6.05. The van der Waals surface area contributed by atoms with Crippen LogP contribution in [-0.4, -0.2) is 22.9 Å². The first-order chi connectivity index (χ1) is 14.2. The van der Waals surface area contributed by atoms with Gasteiger partial charge in [0.05, 0.1) is 6.10 Å². The maximum atomic E-state index is 10.4. The Balaban J connectivity index is 1.52. The molecule has 4 rings (SSSR count). The lowest BCUT2D eigenvalue weighted by Gasteiger charge is -2.63. The van der Waals surface area contributed by atoms with Gasteiger partial charge in [-0.1, -0.05) is 53.9 Å². The molecule has 0 saturated heterocycles. The van der Waals surface area contributed by atoms with Gasteiger partial charge in [0.2, 0.25) is 0 Å². The Morgan fingerprint density at radius 3 is 2.23 bits per heavy atom. The van der Waals surface area contributed by atoms with Gasteiger partial charge in [-0.25, -0.2) is 0 Å². The fraction of sp³-hybridized carbons (Fsp3) is 1.00. The van der Waals surface area contributed by atoms with Gasteiger partial charge in [0, 0.05) is 6.61 Å². The van der Waals surface area contributed by atoms with Crippen LogP contribution in [0.25, 0.3) is 0 Å². The second-order valence-corrected chi connectivity index (χ2v) is 13.1. The molecule has 2 heteroatoms. The second-order valence-electron chi connectivity index (χ2n) is 13.1. The smallest absolute Gasteiger partial charge is 0.0543 e. The van der Waals surface area contributed by atoms with Crippen molar-refractivity contribution < 1.29 is 10.2 Å². The van der Waals surface area contributed by atoms with Gasteiger partial charge in [-0.05, 0) is 110 Å². The van der Waals surface area contributed by atoms with Gasteiger partial charge in [-0.15, -0.1) is 0 Å². The molecule has 0 aromatic heterocycles. The van der Waals surface area contributed by atoms with Crippen molar-refractivity contribution in [1.82, 2.24) is 0 Å². The van der Waals surface area contributed by atoms with Crippen LogP contribution in [-0.2, 0) is 0 Å². The van der Waals surface area contributed by atoms with Crippen LogP contribution in [0.3, 0.4) is 0 Å². The maximum absolute atomic E-state index is 10.4. The number of aliphatic hydroxyl groups excluding tert-OH is 2. The van der Waals surface area contributed by atoms with Crippen molar-refractivity contribution in [3.8, 4) is 0 Å². The van der Waals surface area contributed by atoms with Crippen LogP contribution >= 0.6 is 0 Å². The van der Waals surface area contributed by atoms with E-state index in [0.717, 1.165) is 48.3 Å². The van der Waals surface area contributed by atoms with Gasteiger partial charge in [0.1, 0.15) is 0 Å². The summed E-state index contributed by atoms with van der Waals surface area (Å²) in [5, 5.41) is 20.7. The molecular formula is C28H50O2. The first-order valence-corrected chi connectivity index (χ1v) is 13.5. The Kier molecular flexibility index (Phi) is 6.69. The summed E-state index contributed by atoms with van der Waals surface area (Å²) in [5.41, 5.74) is 0.869. The van der Waals surface area contributed by atoms with Crippen LogP contribution < -0.4 is 0 Å². The third-order valence-electron chi connectivity index (χ3n) is 11.3. The van der Waals surface area contributed by atoms with Crippen molar-refractivity contribution in [3.63, 3.8) is 0 Å². The summed E-state index contributed by atoms with van der Waals surface area (Å²) in [6.45, 7) is 12.8. The molecule has 0 radical (unpaired) electrons. The highest BCUT2D eigenvalue weighted by atomic mass is 16.3. The predicted molar refractivity (Wildman–Crippen MR) is 125 cm³/mol. The van der Waals surface area contributed by atoms with Crippen molar-refractivity contribution >= 4 is 0 Å². The number of fused-ring (bicyclic) bond motifs is 5. The van der Waals surface area contributed by atoms with Crippen LogP contribution in [0.4, 0.5) is 0 Å². The van der Waals surface area contributed by atoms with Gasteiger partial charge in [0.15, 0.2) is 0 Å². The average Bonchev–Trinajstić information content (AvgIpc) is 3.05. The normalized spacial score (nSPS) is 49.4. The highest BCUT2D eigenvalue weighted by Crippen LogP contribution is 2.69. The molecule has 0 aromatic rings. The highest BCUT2D eigenvalue weighted by molar-refractivity contribution is 5.11.